The molecule has 0 aliphatic heterocycles. The van der Waals surface area contributed by atoms with E-state index in [4.69, 9.17) is 0 Å². The van der Waals surface area contributed by atoms with Gasteiger partial charge in [-0.15, -0.1) is 11.3 Å². The molecule has 6 heteroatoms. The third kappa shape index (κ3) is 3.40. The smallest absolute Gasteiger partial charge is 0.230 e. The minimum absolute atomic E-state index is 0.0523. The van der Waals surface area contributed by atoms with Crippen LogP contribution < -0.4 is 5.32 Å². The number of nitrogens with one attached hydrogen (secondary N) is 1. The van der Waals surface area contributed by atoms with E-state index in [1.807, 2.05) is 50.6 Å². The number of rotatable bonds is 4. The summed E-state index contributed by atoms with van der Waals surface area (Å²) in [5, 5.41) is 7.62. The number of amides is 1. The van der Waals surface area contributed by atoms with Crippen LogP contribution in [0.1, 0.15) is 10.4 Å². The molecule has 22 heavy (non-hydrogen) atoms. The standard InChI is InChI=1S/C16H16N4OS/c1-11-8-17-16(22-11)19-15(21)7-12-3-5-13(6-4-12)14-9-18-20(2)10-14/h3-6,8-10H,7H2,1-2H3,(H,17,19,21). The highest BCUT2D eigenvalue weighted by Gasteiger charge is 2.07. The molecule has 3 aromatic rings. The van der Waals surface area contributed by atoms with Crippen molar-refractivity contribution < 1.29 is 4.79 Å². The molecule has 0 unspecified atom stereocenters. The average Bonchev–Trinajstić information content (AvgIpc) is 3.08. The second-order valence-corrected chi connectivity index (χ2v) is 6.34. The molecule has 1 amide bonds. The molecule has 2 heterocycles. The van der Waals surface area contributed by atoms with Crippen molar-refractivity contribution in [3.05, 3.63) is 53.3 Å². The lowest BCUT2D eigenvalue weighted by Gasteiger charge is -2.03. The van der Waals surface area contributed by atoms with Gasteiger partial charge < -0.3 is 5.32 Å². The molecule has 0 atom stereocenters. The molecule has 3 rings (SSSR count). The van der Waals surface area contributed by atoms with Gasteiger partial charge in [-0.25, -0.2) is 4.98 Å². The van der Waals surface area contributed by atoms with Crippen LogP contribution in [0.25, 0.3) is 11.1 Å². The monoisotopic (exact) mass is 312 g/mol. The highest BCUT2D eigenvalue weighted by molar-refractivity contribution is 7.15. The summed E-state index contributed by atoms with van der Waals surface area (Å²) in [6, 6.07) is 7.95. The van der Waals surface area contributed by atoms with Gasteiger partial charge in [-0.1, -0.05) is 24.3 Å². The Bertz CT molecular complexity index is 789. The molecule has 1 N–H and O–H groups in total. The van der Waals surface area contributed by atoms with Crippen molar-refractivity contribution in [2.75, 3.05) is 5.32 Å². The lowest BCUT2D eigenvalue weighted by molar-refractivity contribution is -0.115. The molecular weight excluding hydrogens is 296 g/mol. The third-order valence-corrected chi connectivity index (χ3v) is 4.05. The predicted octanol–water partition coefficient (Wildman–Crippen LogP) is 3.03. The van der Waals surface area contributed by atoms with Crippen molar-refractivity contribution in [1.82, 2.24) is 14.8 Å². The molecule has 0 aliphatic rings. The van der Waals surface area contributed by atoms with Gasteiger partial charge in [0.15, 0.2) is 5.13 Å². The Labute approximate surface area is 132 Å². The Morgan fingerprint density at radius 3 is 2.59 bits per heavy atom. The van der Waals surface area contributed by atoms with Gasteiger partial charge in [-0.3, -0.25) is 9.48 Å². The number of carbonyl (C=O) groups is 1. The summed E-state index contributed by atoms with van der Waals surface area (Å²) in [6.07, 6.45) is 5.88. The lowest BCUT2D eigenvalue weighted by atomic mass is 10.1. The van der Waals surface area contributed by atoms with Crippen molar-refractivity contribution in [3.8, 4) is 11.1 Å². The van der Waals surface area contributed by atoms with Gasteiger partial charge in [0.25, 0.3) is 0 Å². The van der Waals surface area contributed by atoms with E-state index in [-0.39, 0.29) is 5.91 Å². The van der Waals surface area contributed by atoms with Crippen molar-refractivity contribution in [1.29, 1.82) is 0 Å². The van der Waals surface area contributed by atoms with Crippen LogP contribution in [0.4, 0.5) is 5.13 Å². The number of thiazole rings is 1. The van der Waals surface area contributed by atoms with Gasteiger partial charge in [0.2, 0.25) is 5.91 Å². The Morgan fingerprint density at radius 2 is 2.00 bits per heavy atom. The number of aryl methyl sites for hydroxylation is 2. The molecule has 2 aromatic heterocycles. The van der Waals surface area contributed by atoms with Crippen LogP contribution in [0.15, 0.2) is 42.9 Å². The highest BCUT2D eigenvalue weighted by atomic mass is 32.1. The van der Waals surface area contributed by atoms with Gasteiger partial charge in [-0.05, 0) is 18.1 Å². The summed E-state index contributed by atoms with van der Waals surface area (Å²) in [4.78, 5) is 17.2. The molecule has 0 saturated heterocycles. The Balaban J connectivity index is 1.64. The van der Waals surface area contributed by atoms with E-state index in [1.54, 1.807) is 10.9 Å². The summed E-state index contributed by atoms with van der Waals surface area (Å²) < 4.78 is 1.77. The van der Waals surface area contributed by atoms with E-state index in [0.717, 1.165) is 21.6 Å². The van der Waals surface area contributed by atoms with E-state index >= 15 is 0 Å². The lowest BCUT2D eigenvalue weighted by Crippen LogP contribution is -2.14. The van der Waals surface area contributed by atoms with Crippen LogP contribution in [0.2, 0.25) is 0 Å². The summed E-state index contributed by atoms with van der Waals surface area (Å²) >= 11 is 1.48. The molecule has 1 aromatic carbocycles. The quantitative estimate of drug-likeness (QED) is 0.805. The Kier molecular flexibility index (Phi) is 4.02. The molecule has 0 bridgehead atoms. The van der Waals surface area contributed by atoms with Crippen LogP contribution >= 0.6 is 11.3 Å². The minimum Gasteiger partial charge on any atom is -0.302 e. The van der Waals surface area contributed by atoms with Gasteiger partial charge in [0, 0.05) is 29.9 Å². The van der Waals surface area contributed by atoms with Crippen LogP contribution in [0.3, 0.4) is 0 Å². The minimum atomic E-state index is -0.0523. The van der Waals surface area contributed by atoms with E-state index < -0.39 is 0 Å². The molecule has 0 spiro atoms. The molecular formula is C16H16N4OS. The maximum atomic E-state index is 12.0. The summed E-state index contributed by atoms with van der Waals surface area (Å²) in [6.45, 7) is 1.96. The first-order valence-corrected chi connectivity index (χ1v) is 7.72. The van der Waals surface area contributed by atoms with Gasteiger partial charge in [-0.2, -0.15) is 5.10 Å². The van der Waals surface area contributed by atoms with Crippen molar-refractivity contribution >= 4 is 22.4 Å². The SMILES string of the molecule is Cc1cnc(NC(=O)Cc2ccc(-c3cnn(C)c3)cc2)s1. The fourth-order valence-corrected chi connectivity index (χ4v) is 2.83. The zero-order chi connectivity index (χ0) is 15.5. The van der Waals surface area contributed by atoms with Gasteiger partial charge in [0.1, 0.15) is 0 Å². The first-order chi connectivity index (χ1) is 10.6. The van der Waals surface area contributed by atoms with Crippen molar-refractivity contribution in [3.63, 3.8) is 0 Å². The van der Waals surface area contributed by atoms with E-state index in [0.29, 0.717) is 11.6 Å². The molecule has 0 radical (unpaired) electrons. The number of hydrogen-bond acceptors (Lipinski definition) is 4. The van der Waals surface area contributed by atoms with Crippen LogP contribution in [-0.4, -0.2) is 20.7 Å². The number of nitrogens with zero attached hydrogens (tertiary/aromatic N) is 3. The first kappa shape index (κ1) is 14.5. The first-order valence-electron chi connectivity index (χ1n) is 6.90. The largest absolute Gasteiger partial charge is 0.302 e. The van der Waals surface area contributed by atoms with Crippen LogP contribution in [0, 0.1) is 6.92 Å². The molecule has 5 nitrogen and oxygen atoms in total. The molecule has 0 fully saturated rings. The number of benzene rings is 1. The van der Waals surface area contributed by atoms with Crippen molar-refractivity contribution in [2.45, 2.75) is 13.3 Å². The number of carbonyl (C=O) groups excluding carboxylic acids is 1. The number of anilines is 1. The van der Waals surface area contributed by atoms with Crippen molar-refractivity contribution in [2.24, 2.45) is 7.05 Å². The Morgan fingerprint density at radius 1 is 1.23 bits per heavy atom. The molecule has 0 saturated carbocycles. The van der Waals surface area contributed by atoms with E-state index in [1.165, 1.54) is 11.3 Å². The van der Waals surface area contributed by atoms with Crippen LogP contribution in [0.5, 0.6) is 0 Å². The topological polar surface area (TPSA) is 59.8 Å². The third-order valence-electron chi connectivity index (χ3n) is 3.22. The zero-order valence-electron chi connectivity index (χ0n) is 12.4. The van der Waals surface area contributed by atoms with Gasteiger partial charge >= 0.3 is 0 Å². The van der Waals surface area contributed by atoms with E-state index in [9.17, 15) is 4.79 Å². The maximum Gasteiger partial charge on any atom is 0.230 e. The number of aromatic nitrogens is 3. The average molecular weight is 312 g/mol. The second kappa shape index (κ2) is 6.11. The highest BCUT2D eigenvalue weighted by Crippen LogP contribution is 2.20. The molecule has 0 aliphatic carbocycles. The second-order valence-electron chi connectivity index (χ2n) is 5.10. The summed E-state index contributed by atoms with van der Waals surface area (Å²) in [5.41, 5.74) is 3.13. The summed E-state index contributed by atoms with van der Waals surface area (Å²) in [7, 11) is 1.89. The zero-order valence-corrected chi connectivity index (χ0v) is 13.2. The van der Waals surface area contributed by atoms with E-state index in [2.05, 4.69) is 15.4 Å². The molecule has 112 valence electrons. The normalized spacial score (nSPS) is 10.6. The predicted molar refractivity (Wildman–Crippen MR) is 87.8 cm³/mol. The number of hydrogen-bond donors (Lipinski definition) is 1. The summed E-state index contributed by atoms with van der Waals surface area (Å²) in [5.74, 6) is -0.0523. The Hall–Kier alpha value is -2.47. The maximum absolute atomic E-state index is 12.0. The fraction of sp³-hybridized carbons (Fsp3) is 0.188. The van der Waals surface area contributed by atoms with Crippen LogP contribution in [-0.2, 0) is 18.3 Å². The fourth-order valence-electron chi connectivity index (χ4n) is 2.15. The van der Waals surface area contributed by atoms with Gasteiger partial charge in [0.05, 0.1) is 12.6 Å².